The van der Waals surface area contributed by atoms with E-state index in [2.05, 4.69) is 15.3 Å². The van der Waals surface area contributed by atoms with E-state index in [0.717, 1.165) is 18.4 Å². The van der Waals surface area contributed by atoms with Gasteiger partial charge >= 0.3 is 5.97 Å². The molecule has 0 aliphatic heterocycles. The van der Waals surface area contributed by atoms with E-state index in [9.17, 15) is 18.3 Å². The van der Waals surface area contributed by atoms with Crippen molar-refractivity contribution in [3.8, 4) is 17.1 Å². The van der Waals surface area contributed by atoms with Crippen molar-refractivity contribution < 1.29 is 23.1 Å². The third kappa shape index (κ3) is 6.20. The first-order chi connectivity index (χ1) is 18.1. The van der Waals surface area contributed by atoms with Gasteiger partial charge in [0.15, 0.2) is 0 Å². The predicted molar refractivity (Wildman–Crippen MR) is 141 cm³/mol. The topological polar surface area (TPSA) is 131 Å². The van der Waals surface area contributed by atoms with Crippen LogP contribution >= 0.6 is 0 Å². The standard InChI is InChI=1S/C26H34N6O5S/c1-18-24(37-21-12-8-11-20(15-21)26(33)34)14-13-22(27-18)25-23(32(4)29-28-25)17-31(3)38(35,36)30(2)16-19-9-6-5-7-10-19/h5-7,9-10,13-14,20-21H,8,11-12,15-17H2,1-4H3,(H,33,34)/t20?,21-/m0/s1. The molecule has 2 aromatic heterocycles. The first-order valence-corrected chi connectivity index (χ1v) is 13.9. The lowest BCUT2D eigenvalue weighted by molar-refractivity contribution is -0.143. The minimum Gasteiger partial charge on any atom is -0.489 e. The highest BCUT2D eigenvalue weighted by Gasteiger charge is 2.29. The maximum atomic E-state index is 13.2. The van der Waals surface area contributed by atoms with Gasteiger partial charge in [0.1, 0.15) is 11.4 Å². The number of aliphatic carboxylic acids is 1. The molecule has 1 aromatic carbocycles. The van der Waals surface area contributed by atoms with Gasteiger partial charge in [0.2, 0.25) is 0 Å². The van der Waals surface area contributed by atoms with E-state index in [1.807, 2.05) is 37.3 Å². The van der Waals surface area contributed by atoms with Crippen LogP contribution in [0.3, 0.4) is 0 Å². The number of carboxylic acid groups (broad SMARTS) is 1. The average Bonchev–Trinajstić information content (AvgIpc) is 3.25. The summed E-state index contributed by atoms with van der Waals surface area (Å²) in [5, 5.41) is 17.7. The molecule has 1 saturated carbocycles. The number of hydrogen-bond acceptors (Lipinski definition) is 7. The fraction of sp³-hybridized carbons (Fsp3) is 0.462. The monoisotopic (exact) mass is 542 g/mol. The lowest BCUT2D eigenvalue weighted by Gasteiger charge is -2.27. The van der Waals surface area contributed by atoms with E-state index in [1.54, 1.807) is 30.9 Å². The Bertz CT molecular complexity index is 1380. The summed E-state index contributed by atoms with van der Waals surface area (Å²) in [4.78, 5) is 16.0. The van der Waals surface area contributed by atoms with Crippen molar-refractivity contribution in [2.75, 3.05) is 14.1 Å². The number of carboxylic acids is 1. The van der Waals surface area contributed by atoms with Crippen LogP contribution in [-0.4, -0.2) is 68.3 Å². The molecular weight excluding hydrogens is 508 g/mol. The highest BCUT2D eigenvalue weighted by molar-refractivity contribution is 7.86. The normalized spacial score (nSPS) is 18.2. The maximum absolute atomic E-state index is 13.2. The van der Waals surface area contributed by atoms with Gasteiger partial charge in [0.25, 0.3) is 10.2 Å². The van der Waals surface area contributed by atoms with Crippen molar-refractivity contribution in [2.24, 2.45) is 13.0 Å². The van der Waals surface area contributed by atoms with Crippen LogP contribution in [0.1, 0.15) is 42.6 Å². The van der Waals surface area contributed by atoms with Crippen molar-refractivity contribution in [3.05, 3.63) is 59.4 Å². The Morgan fingerprint density at radius 2 is 1.82 bits per heavy atom. The van der Waals surface area contributed by atoms with E-state index < -0.39 is 16.2 Å². The summed E-state index contributed by atoms with van der Waals surface area (Å²) < 4.78 is 36.7. The van der Waals surface area contributed by atoms with E-state index >= 15 is 0 Å². The van der Waals surface area contributed by atoms with Crippen molar-refractivity contribution in [1.29, 1.82) is 0 Å². The van der Waals surface area contributed by atoms with Crippen molar-refractivity contribution in [1.82, 2.24) is 28.6 Å². The number of aryl methyl sites for hydroxylation is 2. The molecule has 2 atom stereocenters. The second-order valence-electron chi connectivity index (χ2n) is 9.74. The van der Waals surface area contributed by atoms with Gasteiger partial charge in [-0.25, -0.2) is 4.98 Å². The molecule has 1 fully saturated rings. The molecule has 12 heteroatoms. The largest absolute Gasteiger partial charge is 0.489 e. The number of pyridine rings is 1. The molecule has 1 N–H and O–H groups in total. The van der Waals surface area contributed by atoms with Gasteiger partial charge < -0.3 is 9.84 Å². The van der Waals surface area contributed by atoms with Crippen LogP contribution in [-0.2, 0) is 35.1 Å². The quantitative estimate of drug-likeness (QED) is 0.414. The molecule has 1 aliphatic rings. The fourth-order valence-electron chi connectivity index (χ4n) is 4.67. The zero-order valence-corrected chi connectivity index (χ0v) is 22.9. The Kier molecular flexibility index (Phi) is 8.44. The molecule has 0 amide bonds. The minimum absolute atomic E-state index is 0.0535. The van der Waals surface area contributed by atoms with Crippen molar-refractivity contribution in [3.63, 3.8) is 0 Å². The average molecular weight is 543 g/mol. The lowest BCUT2D eigenvalue weighted by Crippen LogP contribution is -2.39. The second kappa shape index (κ2) is 11.6. The number of aromatic nitrogens is 4. The van der Waals surface area contributed by atoms with Gasteiger partial charge in [0.05, 0.1) is 35.6 Å². The van der Waals surface area contributed by atoms with Gasteiger partial charge in [-0.3, -0.25) is 9.48 Å². The van der Waals surface area contributed by atoms with Crippen LogP contribution in [0.5, 0.6) is 5.75 Å². The molecule has 2 heterocycles. The van der Waals surface area contributed by atoms with Crippen LogP contribution in [0.15, 0.2) is 42.5 Å². The Morgan fingerprint density at radius 1 is 1.11 bits per heavy atom. The van der Waals surface area contributed by atoms with Crippen LogP contribution in [0.2, 0.25) is 0 Å². The molecule has 0 bridgehead atoms. The molecular formula is C26H34N6O5S. The summed E-state index contributed by atoms with van der Waals surface area (Å²) in [6.45, 7) is 2.12. The molecule has 0 saturated heterocycles. The molecule has 0 spiro atoms. The number of nitrogens with zero attached hydrogens (tertiary/aromatic N) is 6. The number of hydrogen-bond donors (Lipinski definition) is 1. The Morgan fingerprint density at radius 3 is 2.50 bits per heavy atom. The van der Waals surface area contributed by atoms with Crippen LogP contribution in [0, 0.1) is 12.8 Å². The molecule has 3 aromatic rings. The molecule has 4 rings (SSSR count). The molecule has 1 aliphatic carbocycles. The molecule has 38 heavy (non-hydrogen) atoms. The van der Waals surface area contributed by atoms with E-state index in [0.29, 0.717) is 41.4 Å². The van der Waals surface area contributed by atoms with Crippen molar-refractivity contribution >= 4 is 16.2 Å². The zero-order chi connectivity index (χ0) is 27.4. The van der Waals surface area contributed by atoms with Gasteiger partial charge in [-0.15, -0.1) is 5.10 Å². The molecule has 1 unspecified atom stereocenters. The summed E-state index contributed by atoms with van der Waals surface area (Å²) in [5.41, 5.74) is 3.16. The summed E-state index contributed by atoms with van der Waals surface area (Å²) in [6, 6.07) is 13.0. The summed E-state index contributed by atoms with van der Waals surface area (Å²) >= 11 is 0. The SMILES string of the molecule is Cc1nc(-c2nnn(C)c2CN(C)S(=O)(=O)N(C)Cc2ccccc2)ccc1O[C@H]1CCCC(C(=O)O)C1. The second-order valence-corrected chi connectivity index (χ2v) is 11.9. The number of rotatable bonds is 10. The van der Waals surface area contributed by atoms with E-state index in [1.165, 1.54) is 15.7 Å². The summed E-state index contributed by atoms with van der Waals surface area (Å²) in [5.74, 6) is -0.571. The molecule has 0 radical (unpaired) electrons. The lowest BCUT2D eigenvalue weighted by atomic mass is 9.87. The zero-order valence-electron chi connectivity index (χ0n) is 22.1. The predicted octanol–water partition coefficient (Wildman–Crippen LogP) is 3.02. The van der Waals surface area contributed by atoms with Gasteiger partial charge in [-0.1, -0.05) is 35.5 Å². The van der Waals surface area contributed by atoms with E-state index in [-0.39, 0.29) is 25.1 Å². The number of benzene rings is 1. The smallest absolute Gasteiger partial charge is 0.306 e. The fourth-order valence-corrected chi connectivity index (χ4v) is 5.74. The third-order valence-electron chi connectivity index (χ3n) is 6.90. The van der Waals surface area contributed by atoms with Gasteiger partial charge in [0, 0.05) is 27.7 Å². The van der Waals surface area contributed by atoms with Crippen LogP contribution in [0.4, 0.5) is 0 Å². The van der Waals surface area contributed by atoms with E-state index in [4.69, 9.17) is 4.74 Å². The minimum atomic E-state index is -3.76. The molecule has 11 nitrogen and oxygen atoms in total. The number of ether oxygens (including phenoxy) is 1. The summed E-state index contributed by atoms with van der Waals surface area (Å²) in [6.07, 6.45) is 2.59. The summed E-state index contributed by atoms with van der Waals surface area (Å²) in [7, 11) is 1.04. The highest BCUT2D eigenvalue weighted by atomic mass is 32.2. The first-order valence-electron chi connectivity index (χ1n) is 12.5. The Labute approximate surface area is 223 Å². The Balaban J connectivity index is 1.49. The van der Waals surface area contributed by atoms with Crippen LogP contribution in [0.25, 0.3) is 11.4 Å². The Hall–Kier alpha value is -3.35. The van der Waals surface area contributed by atoms with Crippen LogP contribution < -0.4 is 4.74 Å². The first kappa shape index (κ1) is 27.7. The van der Waals surface area contributed by atoms with Gasteiger partial charge in [-0.05, 0) is 50.3 Å². The number of carbonyl (C=O) groups is 1. The molecule has 204 valence electrons. The third-order valence-corrected chi connectivity index (χ3v) is 8.73. The van der Waals surface area contributed by atoms with Crippen molar-refractivity contribution in [2.45, 2.75) is 51.8 Å². The highest BCUT2D eigenvalue weighted by Crippen LogP contribution is 2.31. The van der Waals surface area contributed by atoms with Gasteiger partial charge in [-0.2, -0.15) is 17.0 Å². The maximum Gasteiger partial charge on any atom is 0.306 e.